The SMILES string of the molecule is CCONC(=O)C1CCCN1C(=O)OC(C)(C)C. The predicted octanol–water partition coefficient (Wildman–Crippen LogP) is 1.45. The predicted molar refractivity (Wildman–Crippen MR) is 65.7 cm³/mol. The summed E-state index contributed by atoms with van der Waals surface area (Å²) >= 11 is 0. The zero-order chi connectivity index (χ0) is 13.8. The van der Waals surface area contributed by atoms with Crippen LogP contribution in [-0.4, -0.2) is 41.7 Å². The van der Waals surface area contributed by atoms with E-state index in [0.29, 0.717) is 19.6 Å². The van der Waals surface area contributed by atoms with Gasteiger partial charge in [0.25, 0.3) is 5.91 Å². The van der Waals surface area contributed by atoms with Crippen molar-refractivity contribution in [3.63, 3.8) is 0 Å². The van der Waals surface area contributed by atoms with Crippen LogP contribution in [0.2, 0.25) is 0 Å². The molecule has 0 aromatic carbocycles. The van der Waals surface area contributed by atoms with Gasteiger partial charge in [-0.3, -0.25) is 14.5 Å². The van der Waals surface area contributed by atoms with Gasteiger partial charge in [-0.2, -0.15) is 0 Å². The summed E-state index contributed by atoms with van der Waals surface area (Å²) < 4.78 is 5.27. The Labute approximate surface area is 108 Å². The summed E-state index contributed by atoms with van der Waals surface area (Å²) in [5.41, 5.74) is 1.78. The van der Waals surface area contributed by atoms with Crippen LogP contribution in [0.25, 0.3) is 0 Å². The summed E-state index contributed by atoms with van der Waals surface area (Å²) in [7, 11) is 0. The third-order valence-electron chi connectivity index (χ3n) is 2.50. The Bertz CT molecular complexity index is 312. The molecule has 1 rings (SSSR count). The van der Waals surface area contributed by atoms with E-state index in [1.165, 1.54) is 4.90 Å². The molecular formula is C12H22N2O4. The maximum Gasteiger partial charge on any atom is 0.410 e. The van der Waals surface area contributed by atoms with Crippen LogP contribution in [0.5, 0.6) is 0 Å². The minimum absolute atomic E-state index is 0.291. The van der Waals surface area contributed by atoms with E-state index in [1.807, 2.05) is 0 Å². The van der Waals surface area contributed by atoms with Crippen LogP contribution in [0.15, 0.2) is 0 Å². The number of nitrogens with zero attached hydrogens (tertiary/aromatic N) is 1. The van der Waals surface area contributed by atoms with Crippen molar-refractivity contribution < 1.29 is 19.2 Å². The fourth-order valence-corrected chi connectivity index (χ4v) is 1.79. The first kappa shape index (κ1) is 14.8. The van der Waals surface area contributed by atoms with Gasteiger partial charge >= 0.3 is 6.09 Å². The Balaban J connectivity index is 2.59. The standard InChI is InChI=1S/C12H22N2O4/c1-5-17-13-10(15)9-7-6-8-14(9)11(16)18-12(2,3)4/h9H,5-8H2,1-4H3,(H,13,15). The summed E-state index contributed by atoms with van der Waals surface area (Å²) in [5, 5.41) is 0. The number of hydrogen-bond acceptors (Lipinski definition) is 4. The molecule has 1 aliphatic heterocycles. The molecule has 1 heterocycles. The molecule has 0 radical (unpaired) electrons. The topological polar surface area (TPSA) is 67.9 Å². The monoisotopic (exact) mass is 258 g/mol. The Morgan fingerprint density at radius 3 is 2.61 bits per heavy atom. The number of likely N-dealkylation sites (tertiary alicyclic amines) is 1. The van der Waals surface area contributed by atoms with Crippen molar-refractivity contribution in [2.24, 2.45) is 0 Å². The molecule has 0 aromatic rings. The number of ether oxygens (including phenoxy) is 1. The van der Waals surface area contributed by atoms with Gasteiger partial charge < -0.3 is 4.74 Å². The number of hydrogen-bond donors (Lipinski definition) is 1. The van der Waals surface area contributed by atoms with Crippen molar-refractivity contribution in [2.45, 2.75) is 52.2 Å². The van der Waals surface area contributed by atoms with Gasteiger partial charge in [-0.15, -0.1) is 0 Å². The number of rotatable bonds is 3. The molecule has 1 atom stereocenters. The Morgan fingerprint density at radius 2 is 2.06 bits per heavy atom. The van der Waals surface area contributed by atoms with Crippen molar-refractivity contribution in [3.05, 3.63) is 0 Å². The van der Waals surface area contributed by atoms with E-state index in [9.17, 15) is 9.59 Å². The second-order valence-corrected chi connectivity index (χ2v) is 5.23. The molecule has 0 spiro atoms. The van der Waals surface area contributed by atoms with Gasteiger partial charge in [0.1, 0.15) is 11.6 Å². The highest BCUT2D eigenvalue weighted by atomic mass is 16.6. The first-order valence-electron chi connectivity index (χ1n) is 6.26. The lowest BCUT2D eigenvalue weighted by molar-refractivity contribution is -0.137. The fourth-order valence-electron chi connectivity index (χ4n) is 1.79. The molecule has 1 fully saturated rings. The summed E-state index contributed by atoms with van der Waals surface area (Å²) in [4.78, 5) is 30.0. The smallest absolute Gasteiger partial charge is 0.410 e. The lowest BCUT2D eigenvalue weighted by atomic mass is 10.2. The lowest BCUT2D eigenvalue weighted by Gasteiger charge is -2.27. The fraction of sp³-hybridized carbons (Fsp3) is 0.833. The van der Waals surface area contributed by atoms with E-state index in [2.05, 4.69) is 5.48 Å². The molecule has 0 saturated carbocycles. The minimum atomic E-state index is -0.555. The number of nitrogens with one attached hydrogen (secondary N) is 1. The van der Waals surface area contributed by atoms with E-state index in [4.69, 9.17) is 9.57 Å². The zero-order valence-electron chi connectivity index (χ0n) is 11.5. The molecule has 0 bridgehead atoms. The molecular weight excluding hydrogens is 236 g/mol. The van der Waals surface area contributed by atoms with E-state index in [1.54, 1.807) is 27.7 Å². The van der Waals surface area contributed by atoms with Gasteiger partial charge in [0, 0.05) is 6.54 Å². The normalized spacial score (nSPS) is 19.8. The van der Waals surface area contributed by atoms with Gasteiger partial charge in [-0.1, -0.05) is 0 Å². The van der Waals surface area contributed by atoms with Gasteiger partial charge in [0.15, 0.2) is 0 Å². The van der Waals surface area contributed by atoms with Gasteiger partial charge in [-0.05, 0) is 40.5 Å². The third-order valence-corrected chi connectivity index (χ3v) is 2.50. The van der Waals surface area contributed by atoms with E-state index in [0.717, 1.165) is 6.42 Å². The molecule has 6 heteroatoms. The first-order valence-corrected chi connectivity index (χ1v) is 6.26. The van der Waals surface area contributed by atoms with E-state index in [-0.39, 0.29) is 5.91 Å². The Hall–Kier alpha value is -1.30. The number of amides is 2. The average molecular weight is 258 g/mol. The summed E-state index contributed by atoms with van der Waals surface area (Å²) in [6.45, 7) is 8.12. The van der Waals surface area contributed by atoms with Crippen molar-refractivity contribution in [1.29, 1.82) is 0 Å². The maximum absolute atomic E-state index is 11.9. The van der Waals surface area contributed by atoms with Crippen LogP contribution in [0.1, 0.15) is 40.5 Å². The lowest BCUT2D eigenvalue weighted by Crippen LogP contribution is -2.47. The third kappa shape index (κ3) is 4.18. The highest BCUT2D eigenvalue weighted by Crippen LogP contribution is 2.20. The van der Waals surface area contributed by atoms with Crippen LogP contribution in [0.3, 0.4) is 0 Å². The number of hydroxylamine groups is 1. The Morgan fingerprint density at radius 1 is 1.39 bits per heavy atom. The molecule has 104 valence electrons. The van der Waals surface area contributed by atoms with Crippen LogP contribution >= 0.6 is 0 Å². The second-order valence-electron chi connectivity index (χ2n) is 5.23. The van der Waals surface area contributed by atoms with Crippen LogP contribution in [0.4, 0.5) is 4.79 Å². The highest BCUT2D eigenvalue weighted by molar-refractivity contribution is 5.85. The van der Waals surface area contributed by atoms with Crippen molar-refractivity contribution in [2.75, 3.05) is 13.2 Å². The van der Waals surface area contributed by atoms with E-state index >= 15 is 0 Å². The van der Waals surface area contributed by atoms with Crippen molar-refractivity contribution >= 4 is 12.0 Å². The molecule has 6 nitrogen and oxygen atoms in total. The second kappa shape index (κ2) is 6.04. The molecule has 0 aromatic heterocycles. The molecule has 1 saturated heterocycles. The molecule has 1 unspecified atom stereocenters. The van der Waals surface area contributed by atoms with Gasteiger partial charge in [0.2, 0.25) is 0 Å². The van der Waals surface area contributed by atoms with Crippen molar-refractivity contribution in [3.8, 4) is 0 Å². The first-order chi connectivity index (χ1) is 8.35. The van der Waals surface area contributed by atoms with Crippen molar-refractivity contribution in [1.82, 2.24) is 10.4 Å². The minimum Gasteiger partial charge on any atom is -0.444 e. The van der Waals surface area contributed by atoms with Gasteiger partial charge in [-0.25, -0.2) is 10.3 Å². The number of carbonyl (C=O) groups is 2. The highest BCUT2D eigenvalue weighted by Gasteiger charge is 2.36. The number of carbonyl (C=O) groups excluding carboxylic acids is 2. The molecule has 1 aliphatic rings. The largest absolute Gasteiger partial charge is 0.444 e. The quantitative estimate of drug-likeness (QED) is 0.778. The van der Waals surface area contributed by atoms with Crippen LogP contribution < -0.4 is 5.48 Å². The molecule has 0 aliphatic carbocycles. The Kier molecular flexibility index (Phi) is 4.95. The molecule has 2 amide bonds. The maximum atomic E-state index is 11.9. The van der Waals surface area contributed by atoms with E-state index < -0.39 is 17.7 Å². The molecule has 1 N–H and O–H groups in total. The molecule has 18 heavy (non-hydrogen) atoms. The summed E-state index contributed by atoms with van der Waals surface area (Å²) in [5.74, 6) is -0.291. The summed E-state index contributed by atoms with van der Waals surface area (Å²) in [6, 6.07) is -0.494. The zero-order valence-corrected chi connectivity index (χ0v) is 11.5. The van der Waals surface area contributed by atoms with Crippen LogP contribution in [-0.2, 0) is 14.4 Å². The van der Waals surface area contributed by atoms with Gasteiger partial charge in [0.05, 0.1) is 6.61 Å². The van der Waals surface area contributed by atoms with Crippen LogP contribution in [0, 0.1) is 0 Å². The average Bonchev–Trinajstić information content (AvgIpc) is 2.72. The summed E-state index contributed by atoms with van der Waals surface area (Å²) in [6.07, 6.45) is 0.985.